The molecule has 0 aromatic heterocycles. The Morgan fingerprint density at radius 2 is 2.03 bits per heavy atom. The molecule has 7 N–H and O–H groups in total. The molecule has 0 radical (unpaired) electrons. The van der Waals surface area contributed by atoms with Crippen LogP contribution in [0.15, 0.2) is 52.8 Å². The highest BCUT2D eigenvalue weighted by atomic mass is 16.5. The number of amides is 2. The first kappa shape index (κ1) is 21.2. The van der Waals surface area contributed by atoms with Crippen LogP contribution in [0, 0.1) is 0 Å². The predicted octanol–water partition coefficient (Wildman–Crippen LogP) is 0.400. The Labute approximate surface area is 175 Å². The molecule has 10 nitrogen and oxygen atoms in total. The lowest BCUT2D eigenvalue weighted by atomic mass is 10.1. The fraction of sp³-hybridized carbons (Fsp3) is 0.350. The number of aliphatic imine (C=N–C) groups is 1. The molecule has 30 heavy (non-hydrogen) atoms. The Morgan fingerprint density at radius 3 is 2.70 bits per heavy atom. The molecule has 0 saturated carbocycles. The predicted molar refractivity (Wildman–Crippen MR) is 114 cm³/mol. The number of nitrogens with one attached hydrogen (secondary N) is 3. The Kier molecular flexibility index (Phi) is 6.58. The minimum absolute atomic E-state index is 0.0391. The number of nitrogens with zero attached hydrogens (tertiary/aromatic N) is 2. The maximum absolute atomic E-state index is 12.5. The van der Waals surface area contributed by atoms with E-state index in [1.54, 1.807) is 29.2 Å². The number of guanidine groups is 1. The van der Waals surface area contributed by atoms with Crippen molar-refractivity contribution in [3.63, 3.8) is 0 Å². The first-order valence-corrected chi connectivity index (χ1v) is 9.62. The molecule has 2 aliphatic heterocycles. The smallest absolute Gasteiger partial charge is 0.327 e. The van der Waals surface area contributed by atoms with E-state index in [4.69, 9.17) is 16.2 Å². The molecule has 2 amide bonds. The van der Waals surface area contributed by atoms with Crippen molar-refractivity contribution in [2.75, 3.05) is 25.1 Å². The van der Waals surface area contributed by atoms with Crippen LogP contribution in [-0.4, -0.2) is 44.3 Å². The molecule has 0 spiro atoms. The SMILES string of the molecule is COC(=O)C(NCCCN=C(N)N)c1ccc(N2C=C3C=C(C)NC3NC2=O)cc1. The van der Waals surface area contributed by atoms with E-state index < -0.39 is 12.0 Å². The largest absolute Gasteiger partial charge is 0.468 e. The quantitative estimate of drug-likeness (QED) is 0.179. The minimum Gasteiger partial charge on any atom is -0.468 e. The zero-order chi connectivity index (χ0) is 21.7. The number of benzene rings is 1. The number of rotatable bonds is 8. The van der Waals surface area contributed by atoms with Gasteiger partial charge in [-0.05, 0) is 43.7 Å². The molecule has 2 aliphatic rings. The van der Waals surface area contributed by atoms with Crippen molar-refractivity contribution in [1.82, 2.24) is 16.0 Å². The summed E-state index contributed by atoms with van der Waals surface area (Å²) in [5.74, 6) is -0.361. The lowest BCUT2D eigenvalue weighted by Gasteiger charge is -2.29. The van der Waals surface area contributed by atoms with E-state index in [1.807, 2.05) is 19.2 Å². The van der Waals surface area contributed by atoms with Crippen LogP contribution >= 0.6 is 0 Å². The molecule has 1 aromatic carbocycles. The van der Waals surface area contributed by atoms with Gasteiger partial charge >= 0.3 is 12.0 Å². The second-order valence-electron chi connectivity index (χ2n) is 7.02. The van der Waals surface area contributed by atoms with Crippen molar-refractivity contribution < 1.29 is 14.3 Å². The van der Waals surface area contributed by atoms with Gasteiger partial charge in [0.2, 0.25) is 0 Å². The minimum atomic E-state index is -0.634. The second kappa shape index (κ2) is 9.31. The van der Waals surface area contributed by atoms with Gasteiger partial charge in [-0.3, -0.25) is 9.89 Å². The number of hydrogen-bond acceptors (Lipinski definition) is 6. The van der Waals surface area contributed by atoms with Gasteiger partial charge in [0.05, 0.1) is 12.8 Å². The standard InChI is InChI=1S/C20H27N7O3/c1-12-10-14-11-27(20(29)26-17(14)25-12)15-6-4-13(5-7-15)16(18(28)30-2)23-8-3-9-24-19(21)22/h4-7,10-11,16-17,23,25H,3,8-9H2,1-2H3,(H,26,29)(H4,21,22,24). The van der Waals surface area contributed by atoms with Crippen molar-refractivity contribution in [1.29, 1.82) is 0 Å². The first-order chi connectivity index (χ1) is 14.4. The van der Waals surface area contributed by atoms with Crippen molar-refractivity contribution >= 4 is 23.6 Å². The number of anilines is 1. The van der Waals surface area contributed by atoms with Gasteiger partial charge in [-0.15, -0.1) is 0 Å². The summed E-state index contributed by atoms with van der Waals surface area (Å²) >= 11 is 0. The third-order valence-corrected chi connectivity index (χ3v) is 4.77. The number of ether oxygens (including phenoxy) is 1. The zero-order valence-corrected chi connectivity index (χ0v) is 17.0. The fourth-order valence-corrected chi connectivity index (χ4v) is 3.33. The van der Waals surface area contributed by atoms with Gasteiger partial charge in [-0.1, -0.05) is 12.1 Å². The van der Waals surface area contributed by atoms with Gasteiger partial charge < -0.3 is 32.2 Å². The van der Waals surface area contributed by atoms with E-state index in [0.29, 0.717) is 25.2 Å². The molecular formula is C20H27N7O3. The monoisotopic (exact) mass is 413 g/mol. The van der Waals surface area contributed by atoms with Crippen molar-refractivity contribution in [3.8, 4) is 0 Å². The number of fused-ring (bicyclic) bond motifs is 1. The van der Waals surface area contributed by atoms with Gasteiger partial charge in [0.1, 0.15) is 12.2 Å². The van der Waals surface area contributed by atoms with Gasteiger partial charge in [0, 0.05) is 24.0 Å². The molecule has 160 valence electrons. The lowest BCUT2D eigenvalue weighted by Crippen LogP contribution is -2.51. The molecule has 3 rings (SSSR count). The molecule has 2 atom stereocenters. The van der Waals surface area contributed by atoms with Gasteiger partial charge in [-0.2, -0.15) is 0 Å². The molecule has 2 heterocycles. The van der Waals surface area contributed by atoms with E-state index in [-0.39, 0.29) is 18.2 Å². The first-order valence-electron chi connectivity index (χ1n) is 9.62. The molecule has 0 saturated heterocycles. The zero-order valence-electron chi connectivity index (χ0n) is 17.0. The van der Waals surface area contributed by atoms with E-state index in [9.17, 15) is 9.59 Å². The highest BCUT2D eigenvalue weighted by Gasteiger charge is 2.30. The van der Waals surface area contributed by atoms with E-state index in [1.165, 1.54) is 7.11 Å². The highest BCUT2D eigenvalue weighted by molar-refractivity contribution is 5.96. The third kappa shape index (κ3) is 4.90. The van der Waals surface area contributed by atoms with E-state index in [2.05, 4.69) is 20.9 Å². The van der Waals surface area contributed by atoms with Crippen LogP contribution in [0.5, 0.6) is 0 Å². The van der Waals surface area contributed by atoms with E-state index in [0.717, 1.165) is 16.8 Å². The summed E-state index contributed by atoms with van der Waals surface area (Å²) < 4.78 is 4.92. The summed E-state index contributed by atoms with van der Waals surface area (Å²) in [5.41, 5.74) is 14.0. The number of hydrogen-bond donors (Lipinski definition) is 5. The Bertz CT molecular complexity index is 888. The molecule has 2 unspecified atom stereocenters. The van der Waals surface area contributed by atoms with Gasteiger partial charge in [-0.25, -0.2) is 9.59 Å². The van der Waals surface area contributed by atoms with Crippen molar-refractivity contribution in [2.45, 2.75) is 25.6 Å². The van der Waals surface area contributed by atoms with Crippen molar-refractivity contribution in [3.05, 3.63) is 53.4 Å². The number of carbonyl (C=O) groups is 2. The maximum atomic E-state index is 12.5. The normalized spacial score (nSPS) is 18.4. The summed E-state index contributed by atoms with van der Waals surface area (Å²) in [6, 6.07) is 6.32. The number of carbonyl (C=O) groups excluding carboxylic acids is 2. The maximum Gasteiger partial charge on any atom is 0.327 e. The lowest BCUT2D eigenvalue weighted by molar-refractivity contribution is -0.143. The molecular weight excluding hydrogens is 386 g/mol. The van der Waals surface area contributed by atoms with Crippen LogP contribution in [0.1, 0.15) is 24.9 Å². The molecule has 0 fully saturated rings. The second-order valence-corrected chi connectivity index (χ2v) is 7.02. The number of nitrogens with two attached hydrogens (primary N) is 2. The van der Waals surface area contributed by atoms with Crippen LogP contribution < -0.4 is 32.3 Å². The highest BCUT2D eigenvalue weighted by Crippen LogP contribution is 2.26. The van der Waals surface area contributed by atoms with Crippen LogP contribution in [0.25, 0.3) is 0 Å². The number of esters is 1. The average Bonchev–Trinajstić information content (AvgIpc) is 3.08. The summed E-state index contributed by atoms with van der Waals surface area (Å²) in [6.45, 7) is 2.94. The summed E-state index contributed by atoms with van der Waals surface area (Å²) in [4.78, 5) is 30.1. The molecule has 10 heteroatoms. The Hall–Kier alpha value is -3.53. The van der Waals surface area contributed by atoms with Gasteiger partial charge in [0.15, 0.2) is 5.96 Å². The number of urea groups is 1. The summed E-state index contributed by atoms with van der Waals surface area (Å²) in [6.07, 6.45) is 4.26. The van der Waals surface area contributed by atoms with Crippen LogP contribution in [0.4, 0.5) is 10.5 Å². The summed E-state index contributed by atoms with van der Waals surface area (Å²) in [5, 5.41) is 9.26. The Morgan fingerprint density at radius 1 is 1.30 bits per heavy atom. The number of methoxy groups -OCH3 is 1. The summed E-state index contributed by atoms with van der Waals surface area (Å²) in [7, 11) is 1.34. The topological polar surface area (TPSA) is 147 Å². The van der Waals surface area contributed by atoms with E-state index >= 15 is 0 Å². The number of allylic oxidation sites excluding steroid dienone is 1. The van der Waals surface area contributed by atoms with Gasteiger partial charge in [0.25, 0.3) is 0 Å². The van der Waals surface area contributed by atoms with Crippen LogP contribution in [-0.2, 0) is 9.53 Å². The third-order valence-electron chi connectivity index (χ3n) is 4.77. The average molecular weight is 413 g/mol. The molecule has 1 aromatic rings. The van der Waals surface area contributed by atoms with Crippen LogP contribution in [0.2, 0.25) is 0 Å². The molecule has 0 aliphatic carbocycles. The molecule has 0 bridgehead atoms. The van der Waals surface area contributed by atoms with Crippen molar-refractivity contribution in [2.24, 2.45) is 16.5 Å². The van der Waals surface area contributed by atoms with Crippen LogP contribution in [0.3, 0.4) is 0 Å². The Balaban J connectivity index is 1.71. The fourth-order valence-electron chi connectivity index (χ4n) is 3.33.